The maximum absolute atomic E-state index is 13.3. The maximum atomic E-state index is 13.3. The van der Waals surface area contributed by atoms with Crippen LogP contribution in [0.25, 0.3) is 10.9 Å². The summed E-state index contributed by atoms with van der Waals surface area (Å²) in [5, 5.41) is 3.85. The molecule has 1 aromatic carbocycles. The molecule has 0 aliphatic rings. The van der Waals surface area contributed by atoms with Crippen molar-refractivity contribution in [3.63, 3.8) is 0 Å². The first kappa shape index (κ1) is 17.7. The molecule has 1 heterocycles. The van der Waals surface area contributed by atoms with Crippen molar-refractivity contribution in [3.8, 4) is 0 Å². The number of carbonyl (C=O) groups is 2. The Morgan fingerprint density at radius 2 is 2.12 bits per heavy atom. The zero-order valence-corrected chi connectivity index (χ0v) is 14.1. The van der Waals surface area contributed by atoms with Gasteiger partial charge < -0.3 is 15.2 Å². The van der Waals surface area contributed by atoms with Crippen molar-refractivity contribution in [1.82, 2.24) is 15.2 Å². The highest BCUT2D eigenvalue weighted by atomic mass is 19.1. The minimum atomic E-state index is -0.515. The molecule has 2 aromatic rings. The Balaban J connectivity index is 2.05. The number of rotatable bonds is 6. The Labute approximate surface area is 140 Å². The number of halogens is 1. The van der Waals surface area contributed by atoms with Crippen LogP contribution in [0.2, 0.25) is 0 Å². The molecule has 6 heteroatoms. The van der Waals surface area contributed by atoms with E-state index in [9.17, 15) is 14.0 Å². The second kappa shape index (κ2) is 6.86. The molecular formula is C18H22FN3O2. The molecule has 0 saturated heterocycles. The van der Waals surface area contributed by atoms with Crippen molar-refractivity contribution < 1.29 is 14.0 Å². The quantitative estimate of drug-likeness (QED) is 0.798. The van der Waals surface area contributed by atoms with E-state index in [1.165, 1.54) is 23.1 Å². The lowest BCUT2D eigenvalue weighted by Crippen LogP contribution is -2.49. The van der Waals surface area contributed by atoms with Crippen molar-refractivity contribution in [2.75, 3.05) is 13.6 Å². The standard InChI is InChI=1S/C18H22FN3O2/c1-5-17(24)22(4)11-16(23)21-18(2,3)9-12-10-20-15-8-13(19)6-7-14(12)15/h5-8,10,20H,1,9,11H2,2-4H3,(H,21,23). The summed E-state index contributed by atoms with van der Waals surface area (Å²) >= 11 is 0. The Kier molecular flexibility index (Phi) is 5.07. The van der Waals surface area contributed by atoms with E-state index in [1.807, 2.05) is 20.0 Å². The summed E-state index contributed by atoms with van der Waals surface area (Å²) in [5.41, 5.74) is 1.20. The Morgan fingerprint density at radius 3 is 2.79 bits per heavy atom. The molecule has 0 atom stereocenters. The summed E-state index contributed by atoms with van der Waals surface area (Å²) in [7, 11) is 1.55. The van der Waals surface area contributed by atoms with Gasteiger partial charge in [-0.2, -0.15) is 0 Å². The molecule has 2 N–H and O–H groups in total. The third-order valence-electron chi connectivity index (χ3n) is 3.77. The lowest BCUT2D eigenvalue weighted by atomic mass is 9.94. The number of hydrogen-bond donors (Lipinski definition) is 2. The van der Waals surface area contributed by atoms with Crippen molar-refractivity contribution in [3.05, 3.63) is 48.4 Å². The van der Waals surface area contributed by atoms with Gasteiger partial charge in [-0.25, -0.2) is 4.39 Å². The SMILES string of the molecule is C=CC(=O)N(C)CC(=O)NC(C)(C)Cc1c[nH]c2cc(F)ccc12. The minimum absolute atomic E-state index is 0.0343. The predicted octanol–water partition coefficient (Wildman–Crippen LogP) is 2.39. The number of nitrogens with one attached hydrogen (secondary N) is 2. The molecule has 0 fully saturated rings. The number of aromatic nitrogens is 1. The first-order valence-corrected chi connectivity index (χ1v) is 7.66. The normalized spacial score (nSPS) is 11.3. The van der Waals surface area contributed by atoms with Gasteiger partial charge >= 0.3 is 0 Å². The van der Waals surface area contributed by atoms with E-state index in [4.69, 9.17) is 0 Å². The lowest BCUT2D eigenvalue weighted by Gasteiger charge is -2.27. The van der Waals surface area contributed by atoms with Crippen molar-refractivity contribution >= 4 is 22.7 Å². The molecule has 0 aliphatic heterocycles. The summed E-state index contributed by atoms with van der Waals surface area (Å²) in [6, 6.07) is 4.59. The molecule has 0 spiro atoms. The predicted molar refractivity (Wildman–Crippen MR) is 92.0 cm³/mol. The summed E-state index contributed by atoms with van der Waals surface area (Å²) in [4.78, 5) is 27.9. The van der Waals surface area contributed by atoms with Crippen LogP contribution in [-0.2, 0) is 16.0 Å². The zero-order valence-electron chi connectivity index (χ0n) is 14.1. The average molecular weight is 331 g/mol. The van der Waals surface area contributed by atoms with Gasteiger partial charge in [0.2, 0.25) is 11.8 Å². The van der Waals surface area contributed by atoms with Crippen LogP contribution in [0.1, 0.15) is 19.4 Å². The van der Waals surface area contributed by atoms with Gasteiger partial charge in [-0.05, 0) is 50.1 Å². The summed E-state index contributed by atoms with van der Waals surface area (Å²) in [6.07, 6.45) is 3.57. The first-order chi connectivity index (χ1) is 11.2. The first-order valence-electron chi connectivity index (χ1n) is 7.66. The van der Waals surface area contributed by atoms with Crippen molar-refractivity contribution in [2.45, 2.75) is 25.8 Å². The largest absolute Gasteiger partial charge is 0.361 e. The second-order valence-corrected chi connectivity index (χ2v) is 6.51. The van der Waals surface area contributed by atoms with Gasteiger partial charge in [0.15, 0.2) is 0 Å². The van der Waals surface area contributed by atoms with Crippen LogP contribution in [0.3, 0.4) is 0 Å². The van der Waals surface area contributed by atoms with Crippen molar-refractivity contribution in [2.24, 2.45) is 0 Å². The van der Waals surface area contributed by atoms with E-state index >= 15 is 0 Å². The Bertz CT molecular complexity index is 780. The van der Waals surface area contributed by atoms with E-state index in [0.29, 0.717) is 6.42 Å². The summed E-state index contributed by atoms with van der Waals surface area (Å²) in [6.45, 7) is 7.17. The number of likely N-dealkylation sites (N-methyl/N-ethyl adjacent to an activating group) is 1. The number of fused-ring (bicyclic) bond motifs is 1. The van der Waals surface area contributed by atoms with Crippen LogP contribution < -0.4 is 5.32 Å². The number of nitrogens with zero attached hydrogens (tertiary/aromatic N) is 1. The monoisotopic (exact) mass is 331 g/mol. The van der Waals surface area contributed by atoms with Crippen LogP contribution in [0.5, 0.6) is 0 Å². The molecule has 0 aliphatic carbocycles. The van der Waals surface area contributed by atoms with E-state index < -0.39 is 5.54 Å². The van der Waals surface area contributed by atoms with Crippen LogP contribution in [0, 0.1) is 5.82 Å². The van der Waals surface area contributed by atoms with E-state index in [-0.39, 0.29) is 24.2 Å². The number of benzene rings is 1. The van der Waals surface area contributed by atoms with Crippen LogP contribution >= 0.6 is 0 Å². The molecule has 2 rings (SSSR count). The smallest absolute Gasteiger partial charge is 0.246 e. The molecule has 0 saturated carbocycles. The fraction of sp³-hybridized carbons (Fsp3) is 0.333. The molecule has 24 heavy (non-hydrogen) atoms. The molecular weight excluding hydrogens is 309 g/mol. The summed E-state index contributed by atoms with van der Waals surface area (Å²) < 4.78 is 13.3. The number of H-pyrrole nitrogens is 1. The Morgan fingerprint density at radius 1 is 1.42 bits per heavy atom. The number of hydrogen-bond acceptors (Lipinski definition) is 2. The Hall–Kier alpha value is -2.63. The van der Waals surface area contributed by atoms with E-state index in [1.54, 1.807) is 13.1 Å². The van der Waals surface area contributed by atoms with Gasteiger partial charge in [0, 0.05) is 29.7 Å². The molecule has 128 valence electrons. The third kappa shape index (κ3) is 4.22. The number of aromatic amines is 1. The van der Waals surface area contributed by atoms with Crippen LogP contribution in [-0.4, -0.2) is 40.8 Å². The molecule has 5 nitrogen and oxygen atoms in total. The highest BCUT2D eigenvalue weighted by Crippen LogP contribution is 2.23. The molecule has 0 radical (unpaired) electrons. The average Bonchev–Trinajstić information content (AvgIpc) is 2.86. The third-order valence-corrected chi connectivity index (χ3v) is 3.77. The second-order valence-electron chi connectivity index (χ2n) is 6.51. The molecule has 0 bridgehead atoms. The highest BCUT2D eigenvalue weighted by Gasteiger charge is 2.23. The van der Waals surface area contributed by atoms with Crippen LogP contribution in [0.4, 0.5) is 4.39 Å². The topological polar surface area (TPSA) is 65.2 Å². The van der Waals surface area contributed by atoms with Gasteiger partial charge in [-0.3, -0.25) is 9.59 Å². The number of amides is 2. The minimum Gasteiger partial charge on any atom is -0.361 e. The fourth-order valence-electron chi connectivity index (χ4n) is 2.69. The number of carbonyl (C=O) groups excluding carboxylic acids is 2. The highest BCUT2D eigenvalue weighted by molar-refractivity contribution is 5.90. The van der Waals surface area contributed by atoms with Crippen molar-refractivity contribution in [1.29, 1.82) is 0 Å². The summed E-state index contributed by atoms with van der Waals surface area (Å²) in [5.74, 6) is -0.844. The van der Waals surface area contributed by atoms with E-state index in [2.05, 4.69) is 16.9 Å². The molecule has 2 amide bonds. The fourth-order valence-corrected chi connectivity index (χ4v) is 2.69. The zero-order chi connectivity index (χ0) is 17.9. The lowest BCUT2D eigenvalue weighted by molar-refractivity contribution is -0.131. The van der Waals surface area contributed by atoms with Gasteiger partial charge in [0.25, 0.3) is 0 Å². The maximum Gasteiger partial charge on any atom is 0.246 e. The van der Waals surface area contributed by atoms with Crippen LogP contribution in [0.15, 0.2) is 37.1 Å². The van der Waals surface area contributed by atoms with Gasteiger partial charge in [-0.1, -0.05) is 6.58 Å². The van der Waals surface area contributed by atoms with E-state index in [0.717, 1.165) is 16.5 Å². The van der Waals surface area contributed by atoms with Gasteiger partial charge in [0.1, 0.15) is 5.82 Å². The van der Waals surface area contributed by atoms with Gasteiger partial charge in [-0.15, -0.1) is 0 Å². The molecule has 1 aromatic heterocycles. The van der Waals surface area contributed by atoms with Gasteiger partial charge in [0.05, 0.1) is 6.54 Å². The molecule has 0 unspecified atom stereocenters.